The van der Waals surface area contributed by atoms with Crippen molar-refractivity contribution in [2.45, 2.75) is 26.2 Å². The summed E-state index contributed by atoms with van der Waals surface area (Å²) in [5.41, 5.74) is 5.67. The van der Waals surface area contributed by atoms with Gasteiger partial charge in [-0.25, -0.2) is 4.98 Å². The standard InChI is InChI=1S/C25H28N2O3S/c1-17-5-4-6-20(13-17)24-23(26-16-31-24)25(28)27(15-19-7-8-19)12-11-18-9-10-21(29-2)22(14-18)30-3/h4-6,9-10,13-14,16,19H,7-8,11-12,15H2,1-3H3. The summed E-state index contributed by atoms with van der Waals surface area (Å²) in [7, 11) is 3.27. The molecule has 0 unspecified atom stereocenters. The van der Waals surface area contributed by atoms with Crippen LogP contribution in [0.5, 0.6) is 11.5 Å². The van der Waals surface area contributed by atoms with Gasteiger partial charge in [-0.05, 0) is 55.4 Å². The number of hydrogen-bond acceptors (Lipinski definition) is 5. The molecule has 1 aliphatic rings. The fourth-order valence-electron chi connectivity index (χ4n) is 3.73. The summed E-state index contributed by atoms with van der Waals surface area (Å²) < 4.78 is 10.8. The lowest BCUT2D eigenvalue weighted by molar-refractivity contribution is 0.0745. The molecule has 0 N–H and O–H groups in total. The summed E-state index contributed by atoms with van der Waals surface area (Å²) >= 11 is 1.53. The van der Waals surface area contributed by atoms with Crippen molar-refractivity contribution in [3.63, 3.8) is 0 Å². The Kier molecular flexibility index (Phi) is 6.56. The van der Waals surface area contributed by atoms with Gasteiger partial charge in [0, 0.05) is 13.1 Å². The number of thiazole rings is 1. The van der Waals surface area contributed by atoms with Crippen LogP contribution in [0, 0.1) is 12.8 Å². The average molecular weight is 437 g/mol. The van der Waals surface area contributed by atoms with Gasteiger partial charge in [0.1, 0.15) is 5.69 Å². The molecule has 1 fully saturated rings. The number of rotatable bonds is 9. The maximum absolute atomic E-state index is 13.5. The number of aryl methyl sites for hydroxylation is 1. The number of nitrogens with zero attached hydrogens (tertiary/aromatic N) is 2. The molecular formula is C25H28N2O3S. The minimum atomic E-state index is 0.0186. The number of methoxy groups -OCH3 is 2. The summed E-state index contributed by atoms with van der Waals surface area (Å²) in [5, 5.41) is 0. The largest absolute Gasteiger partial charge is 0.493 e. The zero-order valence-corrected chi connectivity index (χ0v) is 19.1. The van der Waals surface area contributed by atoms with Gasteiger partial charge in [0.25, 0.3) is 5.91 Å². The highest BCUT2D eigenvalue weighted by Crippen LogP contribution is 2.33. The molecule has 0 bridgehead atoms. The third-order valence-electron chi connectivity index (χ3n) is 5.63. The van der Waals surface area contributed by atoms with Crippen molar-refractivity contribution >= 4 is 17.2 Å². The first-order chi connectivity index (χ1) is 15.1. The van der Waals surface area contributed by atoms with E-state index in [0.29, 0.717) is 29.7 Å². The highest BCUT2D eigenvalue weighted by molar-refractivity contribution is 7.13. The van der Waals surface area contributed by atoms with Crippen molar-refractivity contribution < 1.29 is 14.3 Å². The van der Waals surface area contributed by atoms with Crippen LogP contribution in [0.4, 0.5) is 0 Å². The van der Waals surface area contributed by atoms with E-state index in [1.165, 1.54) is 29.7 Å². The van der Waals surface area contributed by atoms with Gasteiger partial charge in [-0.1, -0.05) is 35.9 Å². The summed E-state index contributed by atoms with van der Waals surface area (Å²) in [6, 6.07) is 14.2. The van der Waals surface area contributed by atoms with Gasteiger partial charge in [-0.2, -0.15) is 0 Å². The number of carbonyl (C=O) groups is 1. The Bertz CT molecular complexity index is 1060. The molecule has 0 spiro atoms. The summed E-state index contributed by atoms with van der Waals surface area (Å²) in [6.45, 7) is 3.50. The van der Waals surface area contributed by atoms with E-state index in [-0.39, 0.29) is 5.91 Å². The van der Waals surface area contributed by atoms with Crippen LogP contribution in [0.2, 0.25) is 0 Å². The molecule has 0 aliphatic heterocycles. The molecule has 5 nitrogen and oxygen atoms in total. The second-order valence-electron chi connectivity index (χ2n) is 8.03. The Labute approximate surface area is 187 Å². The number of aromatic nitrogens is 1. The van der Waals surface area contributed by atoms with Crippen molar-refractivity contribution in [3.05, 3.63) is 64.8 Å². The van der Waals surface area contributed by atoms with E-state index >= 15 is 0 Å². The highest BCUT2D eigenvalue weighted by Gasteiger charge is 2.29. The van der Waals surface area contributed by atoms with Gasteiger partial charge >= 0.3 is 0 Å². The molecule has 31 heavy (non-hydrogen) atoms. The van der Waals surface area contributed by atoms with Crippen LogP contribution >= 0.6 is 11.3 Å². The Morgan fingerprint density at radius 1 is 1.13 bits per heavy atom. The smallest absolute Gasteiger partial charge is 0.273 e. The van der Waals surface area contributed by atoms with Crippen LogP contribution in [0.25, 0.3) is 10.4 Å². The molecule has 4 rings (SSSR count). The molecule has 2 aromatic carbocycles. The maximum Gasteiger partial charge on any atom is 0.273 e. The van der Waals surface area contributed by atoms with Crippen LogP contribution < -0.4 is 9.47 Å². The lowest BCUT2D eigenvalue weighted by Gasteiger charge is -2.23. The van der Waals surface area contributed by atoms with Gasteiger partial charge in [-0.3, -0.25) is 4.79 Å². The topological polar surface area (TPSA) is 51.7 Å². The molecule has 0 radical (unpaired) electrons. The lowest BCUT2D eigenvalue weighted by Crippen LogP contribution is -2.35. The number of ether oxygens (including phenoxy) is 2. The van der Waals surface area contributed by atoms with Crippen molar-refractivity contribution in [2.75, 3.05) is 27.3 Å². The Morgan fingerprint density at radius 2 is 1.94 bits per heavy atom. The zero-order chi connectivity index (χ0) is 21.8. The average Bonchev–Trinajstić information content (AvgIpc) is 3.47. The van der Waals surface area contributed by atoms with E-state index in [4.69, 9.17) is 9.47 Å². The van der Waals surface area contributed by atoms with E-state index in [1.807, 2.05) is 35.2 Å². The highest BCUT2D eigenvalue weighted by atomic mass is 32.1. The van der Waals surface area contributed by atoms with E-state index in [0.717, 1.165) is 29.0 Å². The third-order valence-corrected chi connectivity index (χ3v) is 6.51. The van der Waals surface area contributed by atoms with Gasteiger partial charge in [0.15, 0.2) is 11.5 Å². The normalized spacial score (nSPS) is 13.1. The van der Waals surface area contributed by atoms with Gasteiger partial charge < -0.3 is 14.4 Å². The fraction of sp³-hybridized carbons (Fsp3) is 0.360. The van der Waals surface area contributed by atoms with Crippen molar-refractivity contribution in [3.8, 4) is 21.9 Å². The van der Waals surface area contributed by atoms with Crippen molar-refractivity contribution in [1.29, 1.82) is 0 Å². The molecule has 0 atom stereocenters. The summed E-state index contributed by atoms with van der Waals surface area (Å²) in [4.78, 5) is 20.9. The first kappa shape index (κ1) is 21.4. The molecule has 1 heterocycles. The van der Waals surface area contributed by atoms with Crippen LogP contribution in [0.1, 0.15) is 34.5 Å². The SMILES string of the molecule is COc1ccc(CCN(CC2CC2)C(=O)c2ncsc2-c2cccc(C)c2)cc1OC. The Hall–Kier alpha value is -2.86. The molecule has 1 amide bonds. The van der Waals surface area contributed by atoms with Crippen molar-refractivity contribution in [2.24, 2.45) is 5.92 Å². The Balaban J connectivity index is 1.54. The first-order valence-electron chi connectivity index (χ1n) is 10.6. The Morgan fingerprint density at radius 3 is 2.65 bits per heavy atom. The van der Waals surface area contributed by atoms with E-state index in [2.05, 4.69) is 24.0 Å². The van der Waals surface area contributed by atoms with Gasteiger partial charge in [-0.15, -0.1) is 11.3 Å². The number of carbonyl (C=O) groups excluding carboxylic acids is 1. The van der Waals surface area contributed by atoms with Gasteiger partial charge in [0.05, 0.1) is 24.6 Å². The molecule has 0 saturated heterocycles. The molecular weight excluding hydrogens is 408 g/mol. The zero-order valence-electron chi connectivity index (χ0n) is 18.3. The number of amides is 1. The molecule has 1 saturated carbocycles. The number of hydrogen-bond donors (Lipinski definition) is 0. The molecule has 1 aliphatic carbocycles. The maximum atomic E-state index is 13.5. The minimum Gasteiger partial charge on any atom is -0.493 e. The summed E-state index contributed by atoms with van der Waals surface area (Å²) in [6.07, 6.45) is 3.15. The minimum absolute atomic E-state index is 0.0186. The van der Waals surface area contributed by atoms with Crippen LogP contribution in [-0.2, 0) is 6.42 Å². The quantitative estimate of drug-likeness (QED) is 0.461. The van der Waals surface area contributed by atoms with E-state index < -0.39 is 0 Å². The van der Waals surface area contributed by atoms with Crippen LogP contribution in [0.15, 0.2) is 48.0 Å². The third kappa shape index (κ3) is 5.07. The monoisotopic (exact) mass is 436 g/mol. The van der Waals surface area contributed by atoms with Crippen LogP contribution in [-0.4, -0.2) is 43.1 Å². The van der Waals surface area contributed by atoms with Crippen LogP contribution in [0.3, 0.4) is 0 Å². The number of benzene rings is 2. The second-order valence-corrected chi connectivity index (χ2v) is 8.89. The lowest BCUT2D eigenvalue weighted by atomic mass is 10.1. The molecule has 6 heteroatoms. The molecule has 1 aromatic heterocycles. The molecule has 3 aromatic rings. The van der Waals surface area contributed by atoms with Gasteiger partial charge in [0.2, 0.25) is 0 Å². The molecule has 162 valence electrons. The predicted octanol–water partition coefficient (Wildman–Crippen LogP) is 5.23. The fourth-order valence-corrected chi connectivity index (χ4v) is 4.51. The predicted molar refractivity (Wildman–Crippen MR) is 124 cm³/mol. The van der Waals surface area contributed by atoms with E-state index in [9.17, 15) is 4.79 Å². The van der Waals surface area contributed by atoms with Crippen molar-refractivity contribution in [1.82, 2.24) is 9.88 Å². The van der Waals surface area contributed by atoms with E-state index in [1.54, 1.807) is 19.7 Å². The second kappa shape index (κ2) is 9.52. The summed E-state index contributed by atoms with van der Waals surface area (Å²) in [5.74, 6) is 2.05. The first-order valence-corrected chi connectivity index (χ1v) is 11.5.